The molecule has 0 radical (unpaired) electrons. The maximum absolute atomic E-state index is 12.3. The van der Waals surface area contributed by atoms with Crippen molar-refractivity contribution >= 4 is 45.4 Å². The van der Waals surface area contributed by atoms with E-state index in [-0.39, 0.29) is 18.1 Å². The lowest BCUT2D eigenvalue weighted by molar-refractivity contribution is 0.0168. The number of rotatable bonds is 3. The lowest BCUT2D eigenvalue weighted by Gasteiger charge is -2.28. The molecular formula is C19H20IN5O2. The molecule has 0 atom stereocenters. The first-order valence-electron chi connectivity index (χ1n) is 8.94. The van der Waals surface area contributed by atoms with Crippen LogP contribution in [0.1, 0.15) is 47.6 Å². The van der Waals surface area contributed by atoms with Crippen LogP contribution in [0, 0.1) is 10.6 Å². The van der Waals surface area contributed by atoms with E-state index >= 15 is 0 Å². The minimum absolute atomic E-state index is 0.0596. The summed E-state index contributed by atoms with van der Waals surface area (Å²) in [6, 6.07) is 7.69. The Morgan fingerprint density at radius 2 is 1.89 bits per heavy atom. The molecule has 140 valence electrons. The number of nitrogen functional groups attached to an aromatic ring is 1. The maximum Gasteiger partial charge on any atom is 0.338 e. The van der Waals surface area contributed by atoms with Crippen LogP contribution >= 0.6 is 22.6 Å². The summed E-state index contributed by atoms with van der Waals surface area (Å²) in [5.41, 5.74) is 8.47. The number of aromatic nitrogens is 4. The molecule has 1 saturated carbocycles. The zero-order valence-corrected chi connectivity index (χ0v) is 17.1. The molecule has 2 N–H and O–H groups in total. The molecule has 0 spiro atoms. The Morgan fingerprint density at radius 3 is 2.59 bits per heavy atom. The second kappa shape index (κ2) is 7.41. The van der Waals surface area contributed by atoms with Gasteiger partial charge in [0.05, 0.1) is 17.0 Å². The first kappa shape index (κ1) is 18.1. The molecular weight excluding hydrogens is 457 g/mol. The van der Waals surface area contributed by atoms with Crippen LogP contribution in [0.3, 0.4) is 0 Å². The van der Waals surface area contributed by atoms with Crippen molar-refractivity contribution in [3.63, 3.8) is 0 Å². The Hall–Kier alpha value is -2.23. The maximum atomic E-state index is 12.3. The molecule has 1 aromatic carbocycles. The third-order valence-electron chi connectivity index (χ3n) is 5.03. The van der Waals surface area contributed by atoms with Crippen molar-refractivity contribution < 1.29 is 9.53 Å². The number of halogens is 1. The molecule has 0 saturated heterocycles. The third-order valence-corrected chi connectivity index (χ3v) is 5.78. The summed E-state index contributed by atoms with van der Waals surface area (Å²) in [6.07, 6.45) is 4.78. The summed E-state index contributed by atoms with van der Waals surface area (Å²) in [5, 5.41) is 5.44. The zero-order valence-electron chi connectivity index (χ0n) is 14.9. The van der Waals surface area contributed by atoms with Gasteiger partial charge in [0.25, 0.3) is 0 Å². The topological polar surface area (TPSA) is 95.9 Å². The number of nitrogens with zero attached hydrogens (tertiary/aromatic N) is 4. The number of hydrogen-bond donors (Lipinski definition) is 1. The lowest BCUT2D eigenvalue weighted by atomic mass is 9.93. The molecule has 0 aliphatic heterocycles. The molecule has 27 heavy (non-hydrogen) atoms. The van der Waals surface area contributed by atoms with E-state index in [0.717, 1.165) is 46.0 Å². The number of carbonyl (C=O) groups excluding carboxylic acids is 1. The first-order valence-corrected chi connectivity index (χ1v) is 10.0. The minimum Gasteiger partial charge on any atom is -0.459 e. The molecule has 2 heterocycles. The second-order valence-corrected chi connectivity index (χ2v) is 7.92. The van der Waals surface area contributed by atoms with E-state index in [2.05, 4.69) is 37.7 Å². The Labute approximate surface area is 170 Å². The molecule has 1 fully saturated rings. The van der Waals surface area contributed by atoms with E-state index in [1.54, 1.807) is 0 Å². The molecule has 1 aliphatic carbocycles. The Bertz CT molecular complexity index is 978. The number of nitrogens with two attached hydrogens (primary N) is 1. The normalized spacial score (nSPS) is 19.9. The van der Waals surface area contributed by atoms with E-state index in [1.165, 1.54) is 6.33 Å². The number of anilines is 1. The Kier molecular flexibility index (Phi) is 4.98. The van der Waals surface area contributed by atoms with Crippen LogP contribution in [-0.2, 0) is 4.74 Å². The number of esters is 1. The molecule has 7 nitrogen and oxygen atoms in total. The molecule has 4 rings (SSSR count). The summed E-state index contributed by atoms with van der Waals surface area (Å²) in [4.78, 5) is 20.7. The third kappa shape index (κ3) is 3.62. The highest BCUT2D eigenvalue weighted by Gasteiger charge is 2.28. The smallest absolute Gasteiger partial charge is 0.338 e. The van der Waals surface area contributed by atoms with Crippen molar-refractivity contribution in [1.82, 2.24) is 19.7 Å². The van der Waals surface area contributed by atoms with Crippen molar-refractivity contribution in [2.45, 2.75) is 44.8 Å². The predicted octanol–water partition coefficient (Wildman–Crippen LogP) is 3.66. The van der Waals surface area contributed by atoms with Gasteiger partial charge in [-0.3, -0.25) is 0 Å². The fraction of sp³-hybridized carbons (Fsp3) is 0.368. The summed E-state index contributed by atoms with van der Waals surface area (Å²) >= 11 is 2.17. The number of ether oxygens (including phenoxy) is 1. The molecule has 3 aromatic rings. The molecule has 1 aliphatic rings. The van der Waals surface area contributed by atoms with Gasteiger partial charge in [0.2, 0.25) is 0 Å². The summed E-state index contributed by atoms with van der Waals surface area (Å²) in [5.74, 6) is 0.203. The standard InChI is InChI=1S/C19H20IN5O2/c1-11-2-4-12(5-3-11)19(26)27-14-8-6-13(7-9-14)25-18-15(16(20)24-25)17(21)22-10-23-18/h2-5,10,13-14H,6-9H2,1H3,(H2,21,22,23). The highest BCUT2D eigenvalue weighted by atomic mass is 127. The van der Waals surface area contributed by atoms with Crippen LogP contribution in [0.2, 0.25) is 0 Å². The van der Waals surface area contributed by atoms with Crippen molar-refractivity contribution in [3.05, 3.63) is 45.4 Å². The largest absolute Gasteiger partial charge is 0.459 e. The van der Waals surface area contributed by atoms with E-state index in [0.29, 0.717) is 11.4 Å². The molecule has 2 aromatic heterocycles. The number of carbonyl (C=O) groups is 1. The fourth-order valence-electron chi connectivity index (χ4n) is 3.52. The number of fused-ring (bicyclic) bond motifs is 1. The van der Waals surface area contributed by atoms with Crippen LogP contribution in [0.4, 0.5) is 5.82 Å². The van der Waals surface area contributed by atoms with Gasteiger partial charge < -0.3 is 10.5 Å². The van der Waals surface area contributed by atoms with E-state index < -0.39 is 0 Å². The van der Waals surface area contributed by atoms with Gasteiger partial charge in [-0.05, 0) is 67.3 Å². The van der Waals surface area contributed by atoms with Crippen LogP contribution in [0.25, 0.3) is 11.0 Å². The molecule has 0 bridgehead atoms. The summed E-state index contributed by atoms with van der Waals surface area (Å²) in [6.45, 7) is 2.00. The van der Waals surface area contributed by atoms with Crippen molar-refractivity contribution in [2.24, 2.45) is 0 Å². The van der Waals surface area contributed by atoms with Gasteiger partial charge in [-0.2, -0.15) is 5.10 Å². The van der Waals surface area contributed by atoms with Gasteiger partial charge in [0.1, 0.15) is 21.9 Å². The zero-order chi connectivity index (χ0) is 19.0. The van der Waals surface area contributed by atoms with Gasteiger partial charge in [0, 0.05) is 0 Å². The monoisotopic (exact) mass is 477 g/mol. The van der Waals surface area contributed by atoms with Crippen LogP contribution < -0.4 is 5.73 Å². The minimum atomic E-state index is -0.252. The average Bonchev–Trinajstić information content (AvgIpc) is 3.01. The lowest BCUT2D eigenvalue weighted by Crippen LogP contribution is -2.26. The SMILES string of the molecule is Cc1ccc(C(=O)OC2CCC(n3nc(I)c4c(N)ncnc43)CC2)cc1. The van der Waals surface area contributed by atoms with Gasteiger partial charge in [-0.25, -0.2) is 19.4 Å². The van der Waals surface area contributed by atoms with Crippen molar-refractivity contribution in [3.8, 4) is 0 Å². The number of hydrogen-bond acceptors (Lipinski definition) is 6. The van der Waals surface area contributed by atoms with Crippen LogP contribution in [-0.4, -0.2) is 31.8 Å². The van der Waals surface area contributed by atoms with E-state index in [1.807, 2.05) is 35.9 Å². The van der Waals surface area contributed by atoms with Crippen LogP contribution in [0.15, 0.2) is 30.6 Å². The highest BCUT2D eigenvalue weighted by Crippen LogP contribution is 2.34. The highest BCUT2D eigenvalue weighted by molar-refractivity contribution is 14.1. The quantitative estimate of drug-likeness (QED) is 0.457. The fourth-order valence-corrected chi connectivity index (χ4v) is 4.27. The molecule has 0 amide bonds. The Morgan fingerprint density at radius 1 is 1.19 bits per heavy atom. The van der Waals surface area contributed by atoms with Crippen molar-refractivity contribution in [1.29, 1.82) is 0 Å². The van der Waals surface area contributed by atoms with Crippen LogP contribution in [0.5, 0.6) is 0 Å². The van der Waals surface area contributed by atoms with E-state index in [9.17, 15) is 4.79 Å². The van der Waals surface area contributed by atoms with Gasteiger partial charge in [-0.15, -0.1) is 0 Å². The molecule has 0 unspecified atom stereocenters. The Balaban J connectivity index is 1.43. The molecule has 8 heteroatoms. The van der Waals surface area contributed by atoms with Gasteiger partial charge in [0.15, 0.2) is 5.65 Å². The summed E-state index contributed by atoms with van der Waals surface area (Å²) < 4.78 is 8.46. The average molecular weight is 477 g/mol. The van der Waals surface area contributed by atoms with Crippen molar-refractivity contribution in [2.75, 3.05) is 5.73 Å². The van der Waals surface area contributed by atoms with Gasteiger partial charge >= 0.3 is 5.97 Å². The van der Waals surface area contributed by atoms with E-state index in [4.69, 9.17) is 10.5 Å². The summed E-state index contributed by atoms with van der Waals surface area (Å²) in [7, 11) is 0. The second-order valence-electron chi connectivity index (χ2n) is 6.89. The number of aryl methyl sites for hydroxylation is 1. The van der Waals surface area contributed by atoms with Gasteiger partial charge in [-0.1, -0.05) is 17.7 Å². The number of benzene rings is 1. The first-order chi connectivity index (χ1) is 13.0. The predicted molar refractivity (Wildman–Crippen MR) is 110 cm³/mol.